The summed E-state index contributed by atoms with van der Waals surface area (Å²) >= 11 is 0. The molecule has 0 heterocycles. The molecule has 0 spiro atoms. The van der Waals surface area contributed by atoms with Gasteiger partial charge in [0.05, 0.1) is 12.7 Å². The highest BCUT2D eigenvalue weighted by Crippen LogP contribution is 2.28. The normalized spacial score (nSPS) is 16.1. The number of benzene rings is 1. The van der Waals surface area contributed by atoms with Crippen LogP contribution < -0.4 is 5.32 Å². The number of rotatable bonds is 4. The Balaban J connectivity index is 2.06. The minimum absolute atomic E-state index is 0.192. The molecule has 0 aliphatic heterocycles. The van der Waals surface area contributed by atoms with Crippen LogP contribution in [0.3, 0.4) is 0 Å². The van der Waals surface area contributed by atoms with Crippen molar-refractivity contribution in [3.8, 4) is 0 Å². The second-order valence-electron chi connectivity index (χ2n) is 4.01. The van der Waals surface area contributed by atoms with Crippen LogP contribution in [0.1, 0.15) is 17.5 Å². The van der Waals surface area contributed by atoms with E-state index in [0.29, 0.717) is 6.54 Å². The second kappa shape index (κ2) is 4.64. The molecular formula is C12H17NO2. The molecule has 3 nitrogen and oxygen atoms in total. The lowest BCUT2D eigenvalue weighted by Crippen LogP contribution is -2.23. The molecule has 1 unspecified atom stereocenters. The minimum Gasteiger partial charge on any atom is -0.394 e. The van der Waals surface area contributed by atoms with Crippen LogP contribution in [0.15, 0.2) is 18.2 Å². The molecule has 3 heteroatoms. The predicted octanol–water partition coefficient (Wildman–Crippen LogP) is 0.940. The Hall–Kier alpha value is -1.06. The van der Waals surface area contributed by atoms with Gasteiger partial charge in [0, 0.05) is 12.2 Å². The Bertz CT molecular complexity index is 338. The van der Waals surface area contributed by atoms with Gasteiger partial charge in [-0.1, -0.05) is 12.1 Å². The SMILES string of the molecule is OCC(O)CNc1cccc2c1CCC2. The van der Waals surface area contributed by atoms with Crippen LogP contribution in [-0.2, 0) is 12.8 Å². The largest absolute Gasteiger partial charge is 0.394 e. The summed E-state index contributed by atoms with van der Waals surface area (Å²) in [4.78, 5) is 0. The summed E-state index contributed by atoms with van der Waals surface area (Å²) in [5.41, 5.74) is 3.90. The Morgan fingerprint density at radius 1 is 1.33 bits per heavy atom. The van der Waals surface area contributed by atoms with Crippen LogP contribution in [0.5, 0.6) is 0 Å². The lowest BCUT2D eigenvalue weighted by Gasteiger charge is -2.13. The first kappa shape index (κ1) is 10.5. The van der Waals surface area contributed by atoms with Crippen LogP contribution in [-0.4, -0.2) is 29.5 Å². The molecule has 1 aliphatic rings. The Kier molecular flexibility index (Phi) is 3.23. The third kappa shape index (κ3) is 2.30. The first-order valence-corrected chi connectivity index (χ1v) is 5.45. The van der Waals surface area contributed by atoms with Gasteiger partial charge in [0.15, 0.2) is 0 Å². The highest BCUT2D eigenvalue weighted by molar-refractivity contribution is 5.56. The van der Waals surface area contributed by atoms with Crippen LogP contribution in [0.2, 0.25) is 0 Å². The average Bonchev–Trinajstić information content (AvgIpc) is 2.74. The maximum Gasteiger partial charge on any atom is 0.0942 e. The van der Waals surface area contributed by atoms with Gasteiger partial charge >= 0.3 is 0 Å². The van der Waals surface area contributed by atoms with Crippen molar-refractivity contribution in [2.45, 2.75) is 25.4 Å². The maximum atomic E-state index is 9.26. The zero-order valence-electron chi connectivity index (χ0n) is 8.74. The molecule has 1 aromatic carbocycles. The van der Waals surface area contributed by atoms with Crippen molar-refractivity contribution in [2.75, 3.05) is 18.5 Å². The number of hydrogen-bond donors (Lipinski definition) is 3. The number of anilines is 1. The topological polar surface area (TPSA) is 52.5 Å². The molecule has 1 atom stereocenters. The molecule has 3 N–H and O–H groups in total. The summed E-state index contributed by atoms with van der Waals surface area (Å²) in [5, 5.41) is 21.2. The van der Waals surface area contributed by atoms with Crippen LogP contribution in [0.25, 0.3) is 0 Å². The standard InChI is InChI=1S/C12H17NO2/c14-8-10(15)7-13-12-6-2-4-9-3-1-5-11(9)12/h2,4,6,10,13-15H,1,3,5,7-8H2. The van der Waals surface area contributed by atoms with Gasteiger partial charge in [0.1, 0.15) is 0 Å². The molecule has 15 heavy (non-hydrogen) atoms. The Morgan fingerprint density at radius 2 is 2.20 bits per heavy atom. The van der Waals surface area contributed by atoms with Crippen molar-refractivity contribution in [1.82, 2.24) is 0 Å². The molecular weight excluding hydrogens is 190 g/mol. The van der Waals surface area contributed by atoms with Crippen molar-refractivity contribution in [2.24, 2.45) is 0 Å². The number of hydrogen-bond acceptors (Lipinski definition) is 3. The monoisotopic (exact) mass is 207 g/mol. The molecule has 1 aromatic rings. The Labute approximate surface area is 89.8 Å². The second-order valence-corrected chi connectivity index (χ2v) is 4.01. The first-order chi connectivity index (χ1) is 7.31. The van der Waals surface area contributed by atoms with Crippen molar-refractivity contribution >= 4 is 5.69 Å². The number of aliphatic hydroxyl groups excluding tert-OH is 2. The van der Waals surface area contributed by atoms with Gasteiger partial charge in [-0.05, 0) is 36.5 Å². The van der Waals surface area contributed by atoms with E-state index in [1.54, 1.807) is 0 Å². The van der Waals surface area contributed by atoms with Gasteiger partial charge in [-0.2, -0.15) is 0 Å². The van der Waals surface area contributed by atoms with E-state index in [4.69, 9.17) is 5.11 Å². The zero-order valence-corrected chi connectivity index (χ0v) is 8.74. The number of aliphatic hydroxyl groups is 2. The molecule has 0 radical (unpaired) electrons. The molecule has 1 aliphatic carbocycles. The summed E-state index contributed by atoms with van der Waals surface area (Å²) < 4.78 is 0. The van der Waals surface area contributed by atoms with E-state index in [-0.39, 0.29) is 6.61 Å². The lowest BCUT2D eigenvalue weighted by molar-refractivity contribution is 0.105. The number of fused-ring (bicyclic) bond motifs is 1. The molecule has 0 saturated carbocycles. The van der Waals surface area contributed by atoms with Gasteiger partial charge in [0.25, 0.3) is 0 Å². The summed E-state index contributed by atoms with van der Waals surface area (Å²) in [6.07, 6.45) is 2.82. The van der Waals surface area contributed by atoms with Crippen LogP contribution in [0, 0.1) is 0 Å². The van der Waals surface area contributed by atoms with E-state index in [9.17, 15) is 5.11 Å². The first-order valence-electron chi connectivity index (χ1n) is 5.45. The zero-order chi connectivity index (χ0) is 10.7. The van der Waals surface area contributed by atoms with E-state index < -0.39 is 6.10 Å². The number of aryl methyl sites for hydroxylation is 1. The van der Waals surface area contributed by atoms with Crippen molar-refractivity contribution in [3.05, 3.63) is 29.3 Å². The average molecular weight is 207 g/mol. The van der Waals surface area contributed by atoms with Gasteiger partial charge in [0.2, 0.25) is 0 Å². The molecule has 0 saturated heterocycles. The molecule has 0 amide bonds. The summed E-state index contributed by atoms with van der Waals surface area (Å²) in [6.45, 7) is 0.217. The summed E-state index contributed by atoms with van der Waals surface area (Å²) in [6, 6.07) is 6.24. The fourth-order valence-corrected chi connectivity index (χ4v) is 2.08. The van der Waals surface area contributed by atoms with E-state index in [0.717, 1.165) is 18.5 Å². The van der Waals surface area contributed by atoms with Gasteiger partial charge in [-0.25, -0.2) is 0 Å². The molecule has 0 aromatic heterocycles. The lowest BCUT2D eigenvalue weighted by atomic mass is 10.1. The van der Waals surface area contributed by atoms with E-state index >= 15 is 0 Å². The van der Waals surface area contributed by atoms with Gasteiger partial charge in [-0.15, -0.1) is 0 Å². The molecule has 0 bridgehead atoms. The van der Waals surface area contributed by atoms with Gasteiger partial charge in [-0.3, -0.25) is 0 Å². The fourth-order valence-electron chi connectivity index (χ4n) is 2.08. The van der Waals surface area contributed by atoms with Crippen molar-refractivity contribution in [3.63, 3.8) is 0 Å². The quantitative estimate of drug-likeness (QED) is 0.688. The highest BCUT2D eigenvalue weighted by atomic mass is 16.3. The van der Waals surface area contributed by atoms with Crippen molar-refractivity contribution in [1.29, 1.82) is 0 Å². The smallest absolute Gasteiger partial charge is 0.0942 e. The van der Waals surface area contributed by atoms with E-state index in [1.807, 2.05) is 12.1 Å². The summed E-state index contributed by atoms with van der Waals surface area (Å²) in [7, 11) is 0. The summed E-state index contributed by atoms with van der Waals surface area (Å²) in [5.74, 6) is 0. The van der Waals surface area contributed by atoms with E-state index in [2.05, 4.69) is 11.4 Å². The highest BCUT2D eigenvalue weighted by Gasteiger charge is 2.14. The molecule has 2 rings (SSSR count). The van der Waals surface area contributed by atoms with E-state index in [1.165, 1.54) is 17.5 Å². The minimum atomic E-state index is -0.678. The van der Waals surface area contributed by atoms with Gasteiger partial charge < -0.3 is 15.5 Å². The van der Waals surface area contributed by atoms with Crippen LogP contribution in [0.4, 0.5) is 5.69 Å². The van der Waals surface area contributed by atoms with Crippen LogP contribution >= 0.6 is 0 Å². The molecule has 82 valence electrons. The number of nitrogens with one attached hydrogen (secondary N) is 1. The van der Waals surface area contributed by atoms with Crippen molar-refractivity contribution < 1.29 is 10.2 Å². The Morgan fingerprint density at radius 3 is 3.00 bits per heavy atom. The third-order valence-corrected chi connectivity index (χ3v) is 2.88. The third-order valence-electron chi connectivity index (χ3n) is 2.88. The molecule has 0 fully saturated rings. The predicted molar refractivity (Wildman–Crippen MR) is 60.0 cm³/mol. The fraction of sp³-hybridized carbons (Fsp3) is 0.500. The maximum absolute atomic E-state index is 9.26.